The molecule has 2 aliphatic rings. The topological polar surface area (TPSA) is 145 Å². The van der Waals surface area contributed by atoms with Crippen LogP contribution in [0, 0.1) is 0 Å². The Hall–Kier alpha value is -4.58. The second kappa shape index (κ2) is 12.3. The molecule has 4 N–H and O–H groups in total. The molecular weight excluding hydrogens is 528 g/mol. The number of likely N-dealkylation sites (N-methyl/N-ethyl adjacent to an activating group) is 1. The Bertz CT molecular complexity index is 1400. The second-order valence-electron chi connectivity index (χ2n) is 10.2. The number of piperidine rings is 1. The normalized spacial score (nSPS) is 18.1. The van der Waals surface area contributed by atoms with E-state index in [0.29, 0.717) is 41.4 Å². The van der Waals surface area contributed by atoms with E-state index in [9.17, 15) is 19.5 Å². The first-order chi connectivity index (χ1) is 19.6. The average Bonchev–Trinajstić information content (AvgIpc) is 3.21. The fourth-order valence-electron chi connectivity index (χ4n) is 5.18. The zero-order valence-corrected chi connectivity index (χ0v) is 23.9. The number of benzene rings is 1. The number of aldehydes is 1. The zero-order chi connectivity index (χ0) is 29.7. The van der Waals surface area contributed by atoms with Crippen LogP contribution < -0.4 is 25.4 Å². The zero-order valence-electron chi connectivity index (χ0n) is 23.9. The summed E-state index contributed by atoms with van der Waals surface area (Å²) in [5, 5.41) is 19.0. The summed E-state index contributed by atoms with van der Waals surface area (Å²) in [7, 11) is 7.07. The van der Waals surface area contributed by atoms with E-state index < -0.39 is 11.6 Å². The van der Waals surface area contributed by atoms with E-state index >= 15 is 0 Å². The molecule has 1 aromatic carbocycles. The van der Waals surface area contributed by atoms with Crippen LogP contribution in [0.5, 0.6) is 11.5 Å². The van der Waals surface area contributed by atoms with Crippen molar-refractivity contribution in [1.82, 2.24) is 20.1 Å². The van der Waals surface area contributed by atoms with Gasteiger partial charge in [-0.25, -0.2) is 9.78 Å². The number of carboxylic acids is 1. The molecule has 218 valence electrons. The number of nitrogens with zero attached hydrogens (tertiary/aromatic N) is 3. The van der Waals surface area contributed by atoms with Gasteiger partial charge in [0.2, 0.25) is 0 Å². The van der Waals surface area contributed by atoms with Gasteiger partial charge in [-0.05, 0) is 37.8 Å². The van der Waals surface area contributed by atoms with E-state index in [-0.39, 0.29) is 22.9 Å². The number of carbonyl (C=O) groups excluding carboxylic acids is 2. The monoisotopic (exact) mass is 564 g/mol. The van der Waals surface area contributed by atoms with Gasteiger partial charge in [0, 0.05) is 63.4 Å². The summed E-state index contributed by atoms with van der Waals surface area (Å²) in [6.45, 7) is 3.81. The Balaban J connectivity index is 1.57. The Kier molecular flexibility index (Phi) is 8.82. The molecule has 0 saturated carbocycles. The van der Waals surface area contributed by atoms with Gasteiger partial charge in [-0.1, -0.05) is 0 Å². The first kappa shape index (κ1) is 29.4. The molecular formula is C29H36N6O6. The largest absolute Gasteiger partial charge is 0.497 e. The number of amides is 1. The fourth-order valence-corrected chi connectivity index (χ4v) is 5.18. The van der Waals surface area contributed by atoms with E-state index in [4.69, 9.17) is 9.47 Å². The molecule has 0 unspecified atom stereocenters. The lowest BCUT2D eigenvalue weighted by atomic mass is 9.96. The summed E-state index contributed by atoms with van der Waals surface area (Å²) >= 11 is 0. The summed E-state index contributed by atoms with van der Waals surface area (Å²) in [6.07, 6.45) is 4.91. The number of aromatic nitrogens is 1. The van der Waals surface area contributed by atoms with Crippen molar-refractivity contribution < 1.29 is 29.0 Å². The Morgan fingerprint density at radius 2 is 1.93 bits per heavy atom. The molecule has 0 radical (unpaired) electrons. The number of nitrogens with one attached hydrogen (secondary N) is 3. The fraction of sp³-hybridized carbons (Fsp3) is 0.379. The first-order valence-electron chi connectivity index (χ1n) is 13.2. The second-order valence-corrected chi connectivity index (χ2v) is 10.2. The van der Waals surface area contributed by atoms with Gasteiger partial charge in [0.05, 0.1) is 25.6 Å². The standard InChI is InChI=1S/C29H36N6O6/c1-18(26-27(37)33-29(35(26)3)8-10-34(2)11-9-29)12-20(17-36)32-23-14-25(31-16-22(23)28(38)39)30-15-19-6-7-21(40-4)13-24(19)41-5/h6-7,12-14,16-17H,8-11,15H2,1-5H3,(H,33,37)(H,38,39)(H2,30,31,32)/b20-12+,26-18-. The van der Waals surface area contributed by atoms with Gasteiger partial charge in [0.25, 0.3) is 5.91 Å². The number of likely N-dealkylation sites (tertiary alicyclic amines) is 1. The van der Waals surface area contributed by atoms with E-state index in [0.717, 1.165) is 31.5 Å². The maximum atomic E-state index is 13.0. The Morgan fingerprint density at radius 3 is 2.56 bits per heavy atom. The SMILES string of the molecule is COc1ccc(CNc2cc(N/C(C=O)=C/C(C)=C3/C(=O)NC4(CCN(C)CC4)N3C)c(C(=O)O)cn2)c(OC)c1. The van der Waals surface area contributed by atoms with Gasteiger partial charge in [-0.3, -0.25) is 9.59 Å². The van der Waals surface area contributed by atoms with Gasteiger partial charge >= 0.3 is 5.97 Å². The average molecular weight is 565 g/mol. The van der Waals surface area contributed by atoms with Crippen LogP contribution in [-0.2, 0) is 16.1 Å². The first-order valence-corrected chi connectivity index (χ1v) is 13.2. The molecule has 12 nitrogen and oxygen atoms in total. The lowest BCUT2D eigenvalue weighted by Crippen LogP contribution is -2.56. The third-order valence-corrected chi connectivity index (χ3v) is 7.59. The van der Waals surface area contributed by atoms with E-state index in [1.54, 1.807) is 33.3 Å². The number of ether oxygens (including phenoxy) is 2. The third-order valence-electron chi connectivity index (χ3n) is 7.59. The minimum absolute atomic E-state index is 0.0944. The van der Waals surface area contributed by atoms with Crippen LogP contribution in [0.4, 0.5) is 11.5 Å². The number of aromatic carboxylic acids is 1. The lowest BCUT2D eigenvalue weighted by Gasteiger charge is -2.42. The number of rotatable bonds is 10. The van der Waals surface area contributed by atoms with Crippen molar-refractivity contribution in [2.75, 3.05) is 52.0 Å². The van der Waals surface area contributed by atoms with Crippen LogP contribution >= 0.6 is 0 Å². The Labute approximate surface area is 239 Å². The van der Waals surface area contributed by atoms with Gasteiger partial charge in [0.1, 0.15) is 34.2 Å². The number of carboxylic acid groups (broad SMARTS) is 1. The highest BCUT2D eigenvalue weighted by Crippen LogP contribution is 2.35. The number of allylic oxidation sites excluding steroid dienone is 3. The highest BCUT2D eigenvalue weighted by atomic mass is 16.5. The van der Waals surface area contributed by atoms with Crippen molar-refractivity contribution in [2.24, 2.45) is 0 Å². The molecule has 4 rings (SSSR count). The number of hydrogen-bond acceptors (Lipinski definition) is 10. The molecule has 12 heteroatoms. The van der Waals surface area contributed by atoms with Crippen LogP contribution in [0.15, 0.2) is 53.5 Å². The molecule has 3 heterocycles. The van der Waals surface area contributed by atoms with Crippen molar-refractivity contribution in [3.63, 3.8) is 0 Å². The summed E-state index contributed by atoms with van der Waals surface area (Å²) in [6, 6.07) is 6.94. The van der Waals surface area contributed by atoms with Gasteiger partial charge in [-0.2, -0.15) is 0 Å². The molecule has 0 bridgehead atoms. The van der Waals surface area contributed by atoms with E-state index in [1.165, 1.54) is 12.3 Å². The maximum absolute atomic E-state index is 13.0. The van der Waals surface area contributed by atoms with Crippen molar-refractivity contribution in [2.45, 2.75) is 32.0 Å². The minimum Gasteiger partial charge on any atom is -0.497 e. The van der Waals surface area contributed by atoms with Crippen LogP contribution in [0.2, 0.25) is 0 Å². The predicted molar refractivity (Wildman–Crippen MR) is 154 cm³/mol. The molecule has 2 aliphatic heterocycles. The number of hydrogen-bond donors (Lipinski definition) is 4. The number of anilines is 2. The van der Waals surface area contributed by atoms with Gasteiger partial charge < -0.3 is 40.3 Å². The molecule has 0 aliphatic carbocycles. The van der Waals surface area contributed by atoms with E-state index in [2.05, 4.69) is 32.9 Å². The molecule has 41 heavy (non-hydrogen) atoms. The summed E-state index contributed by atoms with van der Waals surface area (Å²) in [4.78, 5) is 45.4. The van der Waals surface area contributed by atoms with Crippen molar-refractivity contribution >= 4 is 29.7 Å². The van der Waals surface area contributed by atoms with Gasteiger partial charge in [0.15, 0.2) is 6.29 Å². The van der Waals surface area contributed by atoms with Crippen LogP contribution in [0.3, 0.4) is 0 Å². The smallest absolute Gasteiger partial charge is 0.339 e. The summed E-state index contributed by atoms with van der Waals surface area (Å²) < 4.78 is 10.7. The van der Waals surface area contributed by atoms with E-state index in [1.807, 2.05) is 24.1 Å². The molecule has 1 spiro atoms. The molecule has 2 saturated heterocycles. The molecule has 1 amide bonds. The minimum atomic E-state index is -1.21. The highest BCUT2D eigenvalue weighted by Gasteiger charge is 2.47. The van der Waals surface area contributed by atoms with Crippen molar-refractivity contribution in [3.05, 3.63) is 64.6 Å². The maximum Gasteiger partial charge on any atom is 0.339 e. The summed E-state index contributed by atoms with van der Waals surface area (Å²) in [5.74, 6) is 0.251. The molecule has 0 atom stereocenters. The predicted octanol–water partition coefficient (Wildman–Crippen LogP) is 2.66. The van der Waals surface area contributed by atoms with Crippen LogP contribution in [-0.4, -0.2) is 85.1 Å². The molecule has 1 aromatic heterocycles. The molecule has 2 aromatic rings. The van der Waals surface area contributed by atoms with Gasteiger partial charge in [-0.15, -0.1) is 0 Å². The summed E-state index contributed by atoms with van der Waals surface area (Å²) in [5.41, 5.74) is 1.57. The lowest BCUT2D eigenvalue weighted by molar-refractivity contribution is -0.117. The Morgan fingerprint density at radius 1 is 1.20 bits per heavy atom. The quantitative estimate of drug-likeness (QED) is 0.250. The van der Waals surface area contributed by atoms with Crippen molar-refractivity contribution in [3.8, 4) is 11.5 Å². The molecule has 2 fully saturated rings. The van der Waals surface area contributed by atoms with Crippen molar-refractivity contribution in [1.29, 1.82) is 0 Å². The highest BCUT2D eigenvalue weighted by molar-refractivity contribution is 5.98. The number of methoxy groups -OCH3 is 2. The number of pyridine rings is 1. The van der Waals surface area contributed by atoms with Crippen LogP contribution in [0.1, 0.15) is 35.7 Å². The van der Waals surface area contributed by atoms with Crippen LogP contribution in [0.25, 0.3) is 0 Å². The number of carbonyl (C=O) groups is 3. The third kappa shape index (κ3) is 6.27.